The number of carbonyl (C=O) groups is 2. The summed E-state index contributed by atoms with van der Waals surface area (Å²) in [6.07, 6.45) is 2.01. The van der Waals surface area contributed by atoms with Crippen LogP contribution < -0.4 is 0 Å². The number of rotatable bonds is 6. The summed E-state index contributed by atoms with van der Waals surface area (Å²) >= 11 is 7.92. The molecule has 0 aromatic heterocycles. The van der Waals surface area contributed by atoms with Gasteiger partial charge in [0.25, 0.3) is 0 Å². The van der Waals surface area contributed by atoms with Crippen molar-refractivity contribution in [1.29, 1.82) is 0 Å². The Hall–Kier alpha value is -1.20. The quantitative estimate of drug-likeness (QED) is 0.772. The van der Waals surface area contributed by atoms with Crippen molar-refractivity contribution in [2.24, 2.45) is 5.92 Å². The zero-order valence-corrected chi connectivity index (χ0v) is 15.6. The minimum atomic E-state index is -0.0590. The lowest BCUT2D eigenvalue weighted by Gasteiger charge is -2.31. The first-order valence-electron chi connectivity index (χ1n) is 8.45. The molecule has 24 heavy (non-hydrogen) atoms. The Kier molecular flexibility index (Phi) is 5.40. The van der Waals surface area contributed by atoms with E-state index in [0.717, 1.165) is 18.4 Å². The highest BCUT2D eigenvalue weighted by molar-refractivity contribution is 8.00. The molecule has 0 unspecified atom stereocenters. The SMILES string of the molecule is CC(C)N(CCN1C(=O)CS[C@H]1c1ccccc1Cl)C(=O)C1CC1. The Morgan fingerprint density at radius 2 is 2.08 bits per heavy atom. The lowest BCUT2D eigenvalue weighted by molar-refractivity contribution is -0.136. The molecule has 0 radical (unpaired) electrons. The number of nitrogens with zero attached hydrogens (tertiary/aromatic N) is 2. The average molecular weight is 367 g/mol. The number of carbonyl (C=O) groups excluding carboxylic acids is 2. The van der Waals surface area contributed by atoms with E-state index in [1.54, 1.807) is 11.8 Å². The lowest BCUT2D eigenvalue weighted by atomic mass is 10.2. The molecule has 1 atom stereocenters. The van der Waals surface area contributed by atoms with E-state index in [9.17, 15) is 9.59 Å². The van der Waals surface area contributed by atoms with Gasteiger partial charge in [0.15, 0.2) is 0 Å². The number of hydrogen-bond donors (Lipinski definition) is 0. The van der Waals surface area contributed by atoms with Crippen LogP contribution in [0.4, 0.5) is 0 Å². The third-order valence-electron chi connectivity index (χ3n) is 4.55. The van der Waals surface area contributed by atoms with Crippen molar-refractivity contribution < 1.29 is 9.59 Å². The summed E-state index contributed by atoms with van der Waals surface area (Å²) in [7, 11) is 0. The second-order valence-electron chi connectivity index (χ2n) is 6.67. The molecular weight excluding hydrogens is 344 g/mol. The van der Waals surface area contributed by atoms with Gasteiger partial charge in [-0.3, -0.25) is 9.59 Å². The fourth-order valence-electron chi connectivity index (χ4n) is 3.03. The van der Waals surface area contributed by atoms with Crippen LogP contribution in [0.15, 0.2) is 24.3 Å². The number of halogens is 1. The van der Waals surface area contributed by atoms with Crippen LogP contribution in [-0.2, 0) is 9.59 Å². The molecular formula is C18H23ClN2O2S. The molecule has 130 valence electrons. The summed E-state index contributed by atoms with van der Waals surface area (Å²) in [5.74, 6) is 1.02. The minimum Gasteiger partial charge on any atom is -0.338 e. The van der Waals surface area contributed by atoms with E-state index in [4.69, 9.17) is 11.6 Å². The van der Waals surface area contributed by atoms with Crippen LogP contribution in [0.2, 0.25) is 5.02 Å². The molecule has 1 aromatic rings. The smallest absolute Gasteiger partial charge is 0.233 e. The van der Waals surface area contributed by atoms with Crippen molar-refractivity contribution in [2.45, 2.75) is 38.1 Å². The molecule has 4 nitrogen and oxygen atoms in total. The van der Waals surface area contributed by atoms with E-state index < -0.39 is 0 Å². The van der Waals surface area contributed by atoms with Crippen LogP contribution in [0.5, 0.6) is 0 Å². The third kappa shape index (κ3) is 3.72. The molecule has 1 aliphatic carbocycles. The summed E-state index contributed by atoms with van der Waals surface area (Å²) in [6, 6.07) is 7.82. The maximum Gasteiger partial charge on any atom is 0.233 e. The van der Waals surface area contributed by atoms with E-state index in [2.05, 4.69) is 0 Å². The molecule has 1 aromatic carbocycles. The Bertz CT molecular complexity index is 633. The average Bonchev–Trinajstić information content (AvgIpc) is 3.33. The van der Waals surface area contributed by atoms with E-state index in [1.807, 2.05) is 47.9 Å². The number of thioether (sulfide) groups is 1. The van der Waals surface area contributed by atoms with Crippen molar-refractivity contribution in [1.82, 2.24) is 9.80 Å². The first-order valence-corrected chi connectivity index (χ1v) is 9.87. The van der Waals surface area contributed by atoms with Crippen molar-refractivity contribution >= 4 is 35.2 Å². The van der Waals surface area contributed by atoms with Gasteiger partial charge in [-0.2, -0.15) is 0 Å². The summed E-state index contributed by atoms with van der Waals surface area (Å²) in [6.45, 7) is 5.21. The zero-order chi connectivity index (χ0) is 17.3. The summed E-state index contributed by atoms with van der Waals surface area (Å²) in [5.41, 5.74) is 0.972. The van der Waals surface area contributed by atoms with Gasteiger partial charge in [0, 0.05) is 35.6 Å². The second kappa shape index (κ2) is 7.36. The molecule has 2 amide bonds. The van der Waals surface area contributed by atoms with Crippen LogP contribution in [-0.4, -0.2) is 46.5 Å². The van der Waals surface area contributed by atoms with E-state index in [0.29, 0.717) is 23.9 Å². The first kappa shape index (κ1) is 17.6. The highest BCUT2D eigenvalue weighted by Crippen LogP contribution is 2.41. The highest BCUT2D eigenvalue weighted by Gasteiger charge is 2.37. The molecule has 0 N–H and O–H groups in total. The van der Waals surface area contributed by atoms with E-state index in [-0.39, 0.29) is 29.1 Å². The maximum atomic E-state index is 12.4. The van der Waals surface area contributed by atoms with Gasteiger partial charge in [-0.1, -0.05) is 29.8 Å². The van der Waals surface area contributed by atoms with Gasteiger partial charge in [-0.25, -0.2) is 0 Å². The minimum absolute atomic E-state index is 0.0590. The summed E-state index contributed by atoms with van der Waals surface area (Å²) in [5, 5.41) is 0.626. The molecule has 2 fully saturated rings. The fourth-order valence-corrected chi connectivity index (χ4v) is 4.59. The summed E-state index contributed by atoms with van der Waals surface area (Å²) < 4.78 is 0. The van der Waals surface area contributed by atoms with Crippen molar-refractivity contribution in [3.63, 3.8) is 0 Å². The standard InChI is InChI=1S/C18H23ClN2O2S/c1-12(2)20(17(23)13-7-8-13)9-10-21-16(22)11-24-18(21)14-5-3-4-6-15(14)19/h3-6,12-13,18H,7-11H2,1-2H3/t18-/m0/s1. The number of benzene rings is 1. The van der Waals surface area contributed by atoms with E-state index in [1.165, 1.54) is 0 Å². The molecule has 2 aliphatic rings. The topological polar surface area (TPSA) is 40.6 Å². The predicted octanol–water partition coefficient (Wildman–Crippen LogP) is 3.56. The van der Waals surface area contributed by atoms with Crippen molar-refractivity contribution in [3.8, 4) is 0 Å². The molecule has 1 aliphatic heterocycles. The van der Waals surface area contributed by atoms with Crippen LogP contribution in [0, 0.1) is 5.92 Å². The summed E-state index contributed by atoms with van der Waals surface area (Å²) in [4.78, 5) is 28.5. The molecule has 1 saturated heterocycles. The lowest BCUT2D eigenvalue weighted by Crippen LogP contribution is -2.44. The normalized spacial score (nSPS) is 20.8. The van der Waals surface area contributed by atoms with E-state index >= 15 is 0 Å². The van der Waals surface area contributed by atoms with Crippen molar-refractivity contribution in [3.05, 3.63) is 34.9 Å². The van der Waals surface area contributed by atoms with Gasteiger partial charge >= 0.3 is 0 Å². The van der Waals surface area contributed by atoms with Gasteiger partial charge in [-0.15, -0.1) is 11.8 Å². The molecule has 1 heterocycles. The fraction of sp³-hybridized carbons (Fsp3) is 0.556. The maximum absolute atomic E-state index is 12.4. The zero-order valence-electron chi connectivity index (χ0n) is 14.1. The largest absolute Gasteiger partial charge is 0.338 e. The monoisotopic (exact) mass is 366 g/mol. The molecule has 6 heteroatoms. The van der Waals surface area contributed by atoms with Gasteiger partial charge in [-0.05, 0) is 32.8 Å². The Balaban J connectivity index is 1.70. The van der Waals surface area contributed by atoms with Gasteiger partial charge in [0.2, 0.25) is 11.8 Å². The second-order valence-corrected chi connectivity index (χ2v) is 8.15. The number of hydrogen-bond acceptors (Lipinski definition) is 3. The highest BCUT2D eigenvalue weighted by atomic mass is 35.5. The molecule has 3 rings (SSSR count). The van der Waals surface area contributed by atoms with Crippen LogP contribution in [0.25, 0.3) is 0 Å². The number of amides is 2. The molecule has 1 saturated carbocycles. The van der Waals surface area contributed by atoms with Crippen LogP contribution >= 0.6 is 23.4 Å². The first-order chi connectivity index (χ1) is 11.5. The Labute approximate surface area is 152 Å². The van der Waals surface area contributed by atoms with Crippen LogP contribution in [0.1, 0.15) is 37.6 Å². The van der Waals surface area contributed by atoms with Gasteiger partial charge in [0.05, 0.1) is 5.75 Å². The van der Waals surface area contributed by atoms with Crippen molar-refractivity contribution in [2.75, 3.05) is 18.8 Å². The molecule has 0 bridgehead atoms. The third-order valence-corrected chi connectivity index (χ3v) is 6.14. The Morgan fingerprint density at radius 1 is 1.38 bits per heavy atom. The Morgan fingerprint density at radius 3 is 2.71 bits per heavy atom. The predicted molar refractivity (Wildman–Crippen MR) is 97.9 cm³/mol. The van der Waals surface area contributed by atoms with Crippen LogP contribution in [0.3, 0.4) is 0 Å². The van der Waals surface area contributed by atoms with Gasteiger partial charge in [0.1, 0.15) is 5.37 Å². The molecule has 0 spiro atoms. The van der Waals surface area contributed by atoms with Gasteiger partial charge < -0.3 is 9.80 Å².